The third-order valence-electron chi connectivity index (χ3n) is 2.33. The molecule has 1 aromatic heterocycles. The summed E-state index contributed by atoms with van der Waals surface area (Å²) in [4.78, 5) is 11.7. The number of anilines is 3. The van der Waals surface area contributed by atoms with Crippen LogP contribution < -0.4 is 16.4 Å². The SMILES string of the molecule is Cc1ccc(N)c(NC(=O)Nc2cc(C)on2)c1. The van der Waals surface area contributed by atoms with Crippen molar-refractivity contribution in [2.75, 3.05) is 16.4 Å². The number of carbonyl (C=O) groups excluding carboxylic acids is 1. The van der Waals surface area contributed by atoms with E-state index in [1.54, 1.807) is 25.1 Å². The maximum Gasteiger partial charge on any atom is 0.325 e. The van der Waals surface area contributed by atoms with Gasteiger partial charge in [0.25, 0.3) is 0 Å². The molecular formula is C12H14N4O2. The lowest BCUT2D eigenvalue weighted by Gasteiger charge is -2.08. The number of hydrogen-bond donors (Lipinski definition) is 3. The van der Waals surface area contributed by atoms with E-state index in [2.05, 4.69) is 15.8 Å². The number of hydrogen-bond acceptors (Lipinski definition) is 4. The number of carbonyl (C=O) groups is 1. The normalized spacial score (nSPS) is 10.1. The fourth-order valence-corrected chi connectivity index (χ4v) is 1.47. The van der Waals surface area contributed by atoms with E-state index in [1.807, 2.05) is 13.0 Å². The van der Waals surface area contributed by atoms with Gasteiger partial charge in [-0.1, -0.05) is 11.2 Å². The molecule has 94 valence electrons. The molecule has 0 saturated heterocycles. The Bertz CT molecular complexity index is 577. The second-order valence-corrected chi connectivity index (χ2v) is 3.99. The molecule has 0 unspecified atom stereocenters. The van der Waals surface area contributed by atoms with Crippen molar-refractivity contribution in [3.63, 3.8) is 0 Å². The van der Waals surface area contributed by atoms with Gasteiger partial charge in [0.15, 0.2) is 5.82 Å². The molecule has 0 spiro atoms. The number of nitrogen functional groups attached to an aromatic ring is 1. The number of benzene rings is 1. The number of rotatable bonds is 2. The van der Waals surface area contributed by atoms with E-state index in [0.717, 1.165) is 5.56 Å². The molecule has 2 amide bonds. The summed E-state index contributed by atoms with van der Waals surface area (Å²) in [5.41, 5.74) is 7.84. The Morgan fingerprint density at radius 3 is 2.72 bits per heavy atom. The number of nitrogens with two attached hydrogens (primary N) is 1. The molecule has 0 radical (unpaired) electrons. The molecule has 0 aliphatic carbocycles. The van der Waals surface area contributed by atoms with Crippen LogP contribution in [-0.4, -0.2) is 11.2 Å². The minimum atomic E-state index is -0.416. The summed E-state index contributed by atoms with van der Waals surface area (Å²) in [5.74, 6) is 0.983. The molecule has 1 heterocycles. The lowest BCUT2D eigenvalue weighted by atomic mass is 10.2. The van der Waals surface area contributed by atoms with Crippen molar-refractivity contribution in [3.8, 4) is 0 Å². The smallest absolute Gasteiger partial charge is 0.325 e. The Hall–Kier alpha value is -2.50. The van der Waals surface area contributed by atoms with Crippen molar-refractivity contribution < 1.29 is 9.32 Å². The van der Waals surface area contributed by atoms with Gasteiger partial charge >= 0.3 is 6.03 Å². The number of aromatic nitrogens is 1. The minimum Gasteiger partial charge on any atom is -0.397 e. The third kappa shape index (κ3) is 2.79. The number of urea groups is 1. The van der Waals surface area contributed by atoms with E-state index in [-0.39, 0.29) is 0 Å². The number of nitrogens with one attached hydrogen (secondary N) is 2. The van der Waals surface area contributed by atoms with Crippen molar-refractivity contribution >= 4 is 23.2 Å². The minimum absolute atomic E-state index is 0.358. The van der Waals surface area contributed by atoms with Gasteiger partial charge in [-0.3, -0.25) is 5.32 Å². The van der Waals surface area contributed by atoms with Crippen molar-refractivity contribution in [1.29, 1.82) is 0 Å². The number of aryl methyl sites for hydroxylation is 2. The fourth-order valence-electron chi connectivity index (χ4n) is 1.47. The largest absolute Gasteiger partial charge is 0.397 e. The van der Waals surface area contributed by atoms with Gasteiger partial charge in [-0.2, -0.15) is 0 Å². The van der Waals surface area contributed by atoms with Gasteiger partial charge in [0.1, 0.15) is 5.76 Å². The highest BCUT2D eigenvalue weighted by atomic mass is 16.5. The maximum atomic E-state index is 11.7. The lowest BCUT2D eigenvalue weighted by molar-refractivity contribution is 0.262. The Morgan fingerprint density at radius 1 is 1.28 bits per heavy atom. The molecule has 6 heteroatoms. The number of amides is 2. The molecule has 0 aliphatic rings. The quantitative estimate of drug-likeness (QED) is 0.710. The molecule has 0 bridgehead atoms. The molecule has 0 atom stereocenters. The molecular weight excluding hydrogens is 232 g/mol. The monoisotopic (exact) mass is 246 g/mol. The van der Waals surface area contributed by atoms with Gasteiger partial charge in [-0.05, 0) is 31.5 Å². The van der Waals surface area contributed by atoms with Gasteiger partial charge in [-0.25, -0.2) is 4.79 Å². The standard InChI is InChI=1S/C12H14N4O2/c1-7-3-4-9(13)10(5-7)14-12(17)15-11-6-8(2)18-16-11/h3-6H,13H2,1-2H3,(H2,14,15,16,17). The van der Waals surface area contributed by atoms with Crippen molar-refractivity contribution in [2.24, 2.45) is 0 Å². The van der Waals surface area contributed by atoms with Gasteiger partial charge in [-0.15, -0.1) is 0 Å². The van der Waals surface area contributed by atoms with Crippen LogP contribution in [0.15, 0.2) is 28.8 Å². The first-order chi connectivity index (χ1) is 8.54. The van der Waals surface area contributed by atoms with Gasteiger partial charge in [0, 0.05) is 6.07 Å². The van der Waals surface area contributed by atoms with Crippen LogP contribution in [0.2, 0.25) is 0 Å². The van der Waals surface area contributed by atoms with Crippen molar-refractivity contribution in [1.82, 2.24) is 5.16 Å². The van der Waals surface area contributed by atoms with Crippen molar-refractivity contribution in [3.05, 3.63) is 35.6 Å². The van der Waals surface area contributed by atoms with Crippen LogP contribution in [-0.2, 0) is 0 Å². The van der Waals surface area contributed by atoms with Crippen LogP contribution in [0.3, 0.4) is 0 Å². The zero-order chi connectivity index (χ0) is 13.1. The van der Waals surface area contributed by atoms with Crippen LogP contribution >= 0.6 is 0 Å². The molecule has 0 aliphatic heterocycles. The topological polar surface area (TPSA) is 93.2 Å². The van der Waals surface area contributed by atoms with Crippen LogP contribution in [0.4, 0.5) is 22.0 Å². The average molecular weight is 246 g/mol. The van der Waals surface area contributed by atoms with Crippen LogP contribution in [0, 0.1) is 13.8 Å². The van der Waals surface area contributed by atoms with Crippen LogP contribution in [0.1, 0.15) is 11.3 Å². The lowest BCUT2D eigenvalue weighted by Crippen LogP contribution is -2.20. The van der Waals surface area contributed by atoms with E-state index in [9.17, 15) is 4.79 Å². The Kier molecular flexibility index (Phi) is 3.18. The highest BCUT2D eigenvalue weighted by Crippen LogP contribution is 2.19. The Labute approximate surface area is 104 Å². The fraction of sp³-hybridized carbons (Fsp3) is 0.167. The summed E-state index contributed by atoms with van der Waals surface area (Å²) in [6, 6.07) is 6.62. The van der Waals surface area contributed by atoms with E-state index < -0.39 is 6.03 Å². The van der Waals surface area contributed by atoms with Gasteiger partial charge in [0.2, 0.25) is 0 Å². The zero-order valence-corrected chi connectivity index (χ0v) is 10.2. The predicted molar refractivity (Wildman–Crippen MR) is 69.5 cm³/mol. The highest BCUT2D eigenvalue weighted by Gasteiger charge is 2.08. The third-order valence-corrected chi connectivity index (χ3v) is 2.33. The molecule has 2 aromatic rings. The molecule has 6 nitrogen and oxygen atoms in total. The molecule has 4 N–H and O–H groups in total. The summed E-state index contributed by atoms with van der Waals surface area (Å²) < 4.78 is 4.84. The summed E-state index contributed by atoms with van der Waals surface area (Å²) in [5, 5.41) is 8.86. The summed E-state index contributed by atoms with van der Waals surface area (Å²) >= 11 is 0. The maximum absolute atomic E-state index is 11.7. The van der Waals surface area contributed by atoms with E-state index in [1.165, 1.54) is 0 Å². The number of nitrogens with zero attached hydrogens (tertiary/aromatic N) is 1. The molecule has 0 fully saturated rings. The second-order valence-electron chi connectivity index (χ2n) is 3.99. The Balaban J connectivity index is 2.05. The Morgan fingerprint density at radius 2 is 2.06 bits per heavy atom. The second kappa shape index (κ2) is 4.79. The van der Waals surface area contributed by atoms with Gasteiger partial charge < -0.3 is 15.6 Å². The predicted octanol–water partition coefficient (Wildman–Crippen LogP) is 2.52. The van der Waals surface area contributed by atoms with Crippen LogP contribution in [0.25, 0.3) is 0 Å². The van der Waals surface area contributed by atoms with Crippen molar-refractivity contribution in [2.45, 2.75) is 13.8 Å². The van der Waals surface area contributed by atoms with E-state index >= 15 is 0 Å². The molecule has 0 saturated carbocycles. The first-order valence-electron chi connectivity index (χ1n) is 5.42. The first kappa shape index (κ1) is 12.0. The summed E-state index contributed by atoms with van der Waals surface area (Å²) in [6.45, 7) is 3.66. The summed E-state index contributed by atoms with van der Waals surface area (Å²) in [6.07, 6.45) is 0. The first-order valence-corrected chi connectivity index (χ1v) is 5.42. The zero-order valence-electron chi connectivity index (χ0n) is 10.2. The van der Waals surface area contributed by atoms with E-state index in [4.69, 9.17) is 10.3 Å². The van der Waals surface area contributed by atoms with Crippen LogP contribution in [0.5, 0.6) is 0 Å². The molecule has 1 aromatic carbocycles. The van der Waals surface area contributed by atoms with E-state index in [0.29, 0.717) is 23.0 Å². The van der Waals surface area contributed by atoms with Gasteiger partial charge in [0.05, 0.1) is 11.4 Å². The average Bonchev–Trinajstić information content (AvgIpc) is 2.69. The molecule has 18 heavy (non-hydrogen) atoms. The molecule has 2 rings (SSSR count). The summed E-state index contributed by atoms with van der Waals surface area (Å²) in [7, 11) is 0. The highest BCUT2D eigenvalue weighted by molar-refractivity contribution is 6.01.